The van der Waals surface area contributed by atoms with E-state index in [1.54, 1.807) is 23.5 Å². The fraction of sp³-hybridized carbons (Fsp3) is 0.167. The Bertz CT molecular complexity index is 557. The van der Waals surface area contributed by atoms with Gasteiger partial charge in [-0.25, -0.2) is 0 Å². The number of nitrogens with zero attached hydrogens (tertiary/aromatic N) is 1. The summed E-state index contributed by atoms with van der Waals surface area (Å²) in [5, 5.41) is 16.1. The second-order valence-corrected chi connectivity index (χ2v) is 5.19. The van der Waals surface area contributed by atoms with Gasteiger partial charge in [-0.1, -0.05) is 17.7 Å². The minimum Gasteiger partial charge on any atom is -0.378 e. The van der Waals surface area contributed by atoms with Gasteiger partial charge in [0, 0.05) is 16.6 Å². The number of nitrogens with one attached hydrogen (secondary N) is 1. The van der Waals surface area contributed by atoms with E-state index in [0.29, 0.717) is 0 Å². The van der Waals surface area contributed by atoms with Crippen molar-refractivity contribution in [2.45, 2.75) is 13.0 Å². The molecule has 0 saturated carbocycles. The van der Waals surface area contributed by atoms with Crippen molar-refractivity contribution in [3.05, 3.63) is 55.7 Å². The molecule has 2 aromatic rings. The summed E-state index contributed by atoms with van der Waals surface area (Å²) in [7, 11) is 0. The van der Waals surface area contributed by atoms with E-state index in [-0.39, 0.29) is 16.8 Å². The van der Waals surface area contributed by atoms with Crippen molar-refractivity contribution in [1.82, 2.24) is 0 Å². The zero-order valence-electron chi connectivity index (χ0n) is 9.59. The van der Waals surface area contributed by atoms with Gasteiger partial charge in [-0.3, -0.25) is 10.1 Å². The van der Waals surface area contributed by atoms with Crippen molar-refractivity contribution in [1.29, 1.82) is 0 Å². The molecule has 0 spiro atoms. The average Bonchev–Trinajstić information content (AvgIpc) is 2.81. The quantitative estimate of drug-likeness (QED) is 0.664. The number of halogens is 1. The lowest BCUT2D eigenvalue weighted by Crippen LogP contribution is -2.04. The molecule has 0 saturated heterocycles. The van der Waals surface area contributed by atoms with Crippen LogP contribution in [0.25, 0.3) is 0 Å². The predicted molar refractivity (Wildman–Crippen MR) is 74.5 cm³/mol. The number of hydrogen-bond donors (Lipinski definition) is 1. The van der Waals surface area contributed by atoms with Crippen molar-refractivity contribution >= 4 is 34.3 Å². The number of thiophene rings is 1. The molecule has 0 aliphatic heterocycles. The standard InChI is InChI=1S/C12H11ClN2O2S/c1-8(12-3-2-6-18-12)14-9-4-5-11(15(16)17)10(13)7-9/h2-8,14H,1H3. The molecule has 0 aliphatic rings. The SMILES string of the molecule is CC(Nc1ccc([N+](=O)[O-])c(Cl)c1)c1cccs1. The third-order valence-corrected chi connectivity index (χ3v) is 3.86. The molecule has 0 fully saturated rings. The van der Waals surface area contributed by atoms with Gasteiger partial charge in [0.05, 0.1) is 11.0 Å². The van der Waals surface area contributed by atoms with Crippen molar-refractivity contribution in [2.75, 3.05) is 5.32 Å². The Morgan fingerprint density at radius 3 is 2.78 bits per heavy atom. The highest BCUT2D eigenvalue weighted by Crippen LogP contribution is 2.29. The van der Waals surface area contributed by atoms with Gasteiger partial charge in [0.25, 0.3) is 5.69 Å². The summed E-state index contributed by atoms with van der Waals surface area (Å²) in [4.78, 5) is 11.4. The predicted octanol–water partition coefficient (Wildman–Crippen LogP) is 4.48. The van der Waals surface area contributed by atoms with Gasteiger partial charge in [0.2, 0.25) is 0 Å². The molecule has 2 rings (SSSR count). The fourth-order valence-electron chi connectivity index (χ4n) is 1.60. The zero-order valence-corrected chi connectivity index (χ0v) is 11.2. The normalized spacial score (nSPS) is 12.1. The van der Waals surface area contributed by atoms with Gasteiger partial charge in [0.15, 0.2) is 0 Å². The minimum absolute atomic E-state index is 0.0778. The molecule has 0 amide bonds. The molecule has 4 nitrogen and oxygen atoms in total. The van der Waals surface area contributed by atoms with E-state index in [1.807, 2.05) is 24.4 Å². The molecule has 0 radical (unpaired) electrons. The van der Waals surface area contributed by atoms with Gasteiger partial charge in [-0.15, -0.1) is 11.3 Å². The van der Waals surface area contributed by atoms with Crippen LogP contribution in [0.15, 0.2) is 35.7 Å². The van der Waals surface area contributed by atoms with Crippen molar-refractivity contribution in [3.8, 4) is 0 Å². The Balaban J connectivity index is 2.15. The van der Waals surface area contributed by atoms with Crippen LogP contribution in [-0.4, -0.2) is 4.92 Å². The van der Waals surface area contributed by atoms with Crippen LogP contribution >= 0.6 is 22.9 Å². The number of benzene rings is 1. The number of hydrogen-bond acceptors (Lipinski definition) is 4. The molecule has 0 bridgehead atoms. The maximum Gasteiger partial charge on any atom is 0.288 e. The van der Waals surface area contributed by atoms with E-state index in [1.165, 1.54) is 10.9 Å². The van der Waals surface area contributed by atoms with Crippen LogP contribution in [0.5, 0.6) is 0 Å². The smallest absolute Gasteiger partial charge is 0.288 e. The van der Waals surface area contributed by atoms with Crippen LogP contribution in [0, 0.1) is 10.1 Å². The Labute approximate surface area is 113 Å². The fourth-order valence-corrected chi connectivity index (χ4v) is 2.59. The third-order valence-electron chi connectivity index (χ3n) is 2.50. The summed E-state index contributed by atoms with van der Waals surface area (Å²) >= 11 is 7.51. The lowest BCUT2D eigenvalue weighted by atomic mass is 10.2. The maximum atomic E-state index is 10.6. The summed E-state index contributed by atoms with van der Waals surface area (Å²) in [5.41, 5.74) is 0.692. The highest BCUT2D eigenvalue weighted by molar-refractivity contribution is 7.10. The third kappa shape index (κ3) is 2.80. The van der Waals surface area contributed by atoms with Gasteiger partial charge in [0.1, 0.15) is 5.02 Å². The Hall–Kier alpha value is -1.59. The number of nitro groups is 1. The minimum atomic E-state index is -0.491. The first-order valence-corrected chi connectivity index (χ1v) is 6.57. The number of nitro benzene ring substituents is 1. The van der Waals surface area contributed by atoms with Gasteiger partial charge >= 0.3 is 0 Å². The summed E-state index contributed by atoms with van der Waals surface area (Å²) < 4.78 is 0. The summed E-state index contributed by atoms with van der Waals surface area (Å²) in [6, 6.07) is 8.81. The topological polar surface area (TPSA) is 55.2 Å². The van der Waals surface area contributed by atoms with E-state index in [4.69, 9.17) is 11.6 Å². The van der Waals surface area contributed by atoms with Crippen LogP contribution in [0.3, 0.4) is 0 Å². The van der Waals surface area contributed by atoms with E-state index in [9.17, 15) is 10.1 Å². The second kappa shape index (κ2) is 5.37. The monoisotopic (exact) mass is 282 g/mol. The first-order chi connectivity index (χ1) is 8.58. The molecule has 1 heterocycles. The molecule has 1 atom stereocenters. The highest BCUT2D eigenvalue weighted by Gasteiger charge is 2.13. The van der Waals surface area contributed by atoms with Gasteiger partial charge < -0.3 is 5.32 Å². The molecule has 6 heteroatoms. The maximum absolute atomic E-state index is 10.6. The van der Waals surface area contributed by atoms with Crippen LogP contribution in [0.1, 0.15) is 17.8 Å². The van der Waals surface area contributed by atoms with Crippen LogP contribution < -0.4 is 5.32 Å². The molecule has 18 heavy (non-hydrogen) atoms. The summed E-state index contributed by atoms with van der Waals surface area (Å²) in [6.45, 7) is 2.03. The zero-order chi connectivity index (χ0) is 13.1. The van der Waals surface area contributed by atoms with Gasteiger partial charge in [-0.2, -0.15) is 0 Å². The molecular formula is C12H11ClN2O2S. The van der Waals surface area contributed by atoms with Crippen LogP contribution in [-0.2, 0) is 0 Å². The van der Waals surface area contributed by atoms with Crippen molar-refractivity contribution < 1.29 is 4.92 Å². The lowest BCUT2D eigenvalue weighted by Gasteiger charge is -2.13. The first kappa shape index (κ1) is 12.9. The van der Waals surface area contributed by atoms with Crippen molar-refractivity contribution in [3.63, 3.8) is 0 Å². The van der Waals surface area contributed by atoms with Gasteiger partial charge in [-0.05, 0) is 30.5 Å². The molecule has 1 N–H and O–H groups in total. The second-order valence-electron chi connectivity index (χ2n) is 3.80. The molecule has 1 aromatic heterocycles. The van der Waals surface area contributed by atoms with E-state index >= 15 is 0 Å². The summed E-state index contributed by atoms with van der Waals surface area (Å²) in [6.07, 6.45) is 0. The molecule has 0 aliphatic carbocycles. The van der Waals surface area contributed by atoms with E-state index in [0.717, 1.165) is 5.69 Å². The number of anilines is 1. The highest BCUT2D eigenvalue weighted by atomic mass is 35.5. The Kier molecular flexibility index (Phi) is 3.84. The number of rotatable bonds is 4. The Morgan fingerprint density at radius 2 is 2.22 bits per heavy atom. The van der Waals surface area contributed by atoms with E-state index < -0.39 is 4.92 Å². The molecule has 94 valence electrons. The Morgan fingerprint density at radius 1 is 1.44 bits per heavy atom. The average molecular weight is 283 g/mol. The molecule has 1 aromatic carbocycles. The first-order valence-electron chi connectivity index (χ1n) is 5.32. The lowest BCUT2D eigenvalue weighted by molar-refractivity contribution is -0.384. The van der Waals surface area contributed by atoms with Crippen LogP contribution in [0.2, 0.25) is 5.02 Å². The summed E-state index contributed by atoms with van der Waals surface area (Å²) in [5.74, 6) is 0. The molecule has 1 unspecified atom stereocenters. The van der Waals surface area contributed by atoms with Crippen molar-refractivity contribution in [2.24, 2.45) is 0 Å². The largest absolute Gasteiger partial charge is 0.378 e. The van der Waals surface area contributed by atoms with Crippen LogP contribution in [0.4, 0.5) is 11.4 Å². The van der Waals surface area contributed by atoms with E-state index in [2.05, 4.69) is 5.32 Å². The molecular weight excluding hydrogens is 272 g/mol.